The van der Waals surface area contributed by atoms with E-state index in [0.29, 0.717) is 4.90 Å². The third kappa shape index (κ3) is 3.97. The second-order valence-corrected chi connectivity index (χ2v) is 4.07. The van der Waals surface area contributed by atoms with E-state index >= 15 is 0 Å². The molecule has 0 saturated carbocycles. The van der Waals surface area contributed by atoms with Crippen LogP contribution in [0.1, 0.15) is 0 Å². The van der Waals surface area contributed by atoms with Crippen LogP contribution in [0.3, 0.4) is 0 Å². The van der Waals surface area contributed by atoms with Crippen molar-refractivity contribution in [3.8, 4) is 0 Å². The number of aliphatic hydroxyl groups excluding tert-OH is 1. The molecule has 6 heteroatoms. The average Bonchev–Trinajstić information content (AvgIpc) is 2.38. The summed E-state index contributed by atoms with van der Waals surface area (Å²) >= 11 is 0.900. The molecule has 0 aliphatic rings. The van der Waals surface area contributed by atoms with Gasteiger partial charge in [-0.2, -0.15) is 0 Å². The van der Waals surface area contributed by atoms with Crippen LogP contribution in [-0.4, -0.2) is 18.8 Å². The first-order valence-electron chi connectivity index (χ1n) is 5.01. The Kier molecular flexibility index (Phi) is 5.54. The summed E-state index contributed by atoms with van der Waals surface area (Å²) in [5, 5.41) is 8.96. The summed E-state index contributed by atoms with van der Waals surface area (Å²) in [4.78, 5) is 0.558. The first kappa shape index (κ1) is 14.4. The Morgan fingerprint density at radius 2 is 2.28 bits per heavy atom. The smallest absolute Gasteiger partial charge is 0.200 e. The zero-order valence-corrected chi connectivity index (χ0v) is 10.7. The summed E-state index contributed by atoms with van der Waals surface area (Å²) < 4.78 is 23.2. The van der Waals surface area contributed by atoms with Crippen molar-refractivity contribution in [2.24, 2.45) is 5.73 Å². The van der Waals surface area contributed by atoms with Crippen LogP contribution in [0.25, 0.3) is 0 Å². The number of halogens is 1. The summed E-state index contributed by atoms with van der Waals surface area (Å²) in [6, 6.07) is 5.88. The van der Waals surface area contributed by atoms with Gasteiger partial charge in [0.15, 0.2) is 11.5 Å². The summed E-state index contributed by atoms with van der Waals surface area (Å²) in [5.74, 6) is -0.0467. The third-order valence-electron chi connectivity index (χ3n) is 1.98. The van der Waals surface area contributed by atoms with Crippen LogP contribution in [-0.2, 0) is 8.92 Å². The lowest BCUT2D eigenvalue weighted by molar-refractivity contribution is 0.263. The maximum Gasteiger partial charge on any atom is 0.200 e. The first-order valence-corrected chi connectivity index (χ1v) is 5.75. The largest absolute Gasteiger partial charge is 0.493 e. The molecule has 0 bridgehead atoms. The van der Waals surface area contributed by atoms with Crippen molar-refractivity contribution in [1.82, 2.24) is 0 Å². The molecule has 1 rings (SSSR count). The van der Waals surface area contributed by atoms with Crippen molar-refractivity contribution in [2.45, 2.75) is 4.90 Å². The molecular weight excluding hydrogens is 257 g/mol. The van der Waals surface area contributed by atoms with E-state index in [4.69, 9.17) is 19.8 Å². The van der Waals surface area contributed by atoms with E-state index in [1.807, 2.05) is 0 Å². The Labute approximate surface area is 109 Å². The molecule has 0 aliphatic heterocycles. The van der Waals surface area contributed by atoms with Crippen molar-refractivity contribution >= 4 is 12.0 Å². The molecule has 0 radical (unpaired) electrons. The van der Waals surface area contributed by atoms with Crippen LogP contribution in [0.4, 0.5) is 4.39 Å². The Morgan fingerprint density at radius 1 is 1.56 bits per heavy atom. The zero-order valence-electron chi connectivity index (χ0n) is 9.85. The first-order chi connectivity index (χ1) is 8.58. The standard InChI is InChI=1S/C12H14FNO3S/c1-8(16-2)12(11(14)7-15)17-18-10-5-3-4-9(13)6-10/h3-6,15H,1,7,14H2,2H3/b12-11+. The fraction of sp³-hybridized carbons (Fsp3) is 0.167. The number of hydrogen-bond acceptors (Lipinski definition) is 5. The maximum atomic E-state index is 13.0. The molecule has 3 N–H and O–H groups in total. The molecule has 0 spiro atoms. The quantitative estimate of drug-likeness (QED) is 0.471. The highest BCUT2D eigenvalue weighted by Crippen LogP contribution is 2.26. The number of ether oxygens (including phenoxy) is 1. The van der Waals surface area contributed by atoms with Crippen LogP contribution >= 0.6 is 12.0 Å². The Balaban J connectivity index is 2.78. The van der Waals surface area contributed by atoms with Crippen LogP contribution in [0.15, 0.2) is 53.0 Å². The molecule has 0 amide bonds. The Bertz CT molecular complexity index is 462. The van der Waals surface area contributed by atoms with Gasteiger partial charge in [-0.3, -0.25) is 0 Å². The molecule has 98 valence electrons. The van der Waals surface area contributed by atoms with E-state index in [-0.39, 0.29) is 29.6 Å². The van der Waals surface area contributed by atoms with Gasteiger partial charge in [-0.1, -0.05) is 12.6 Å². The third-order valence-corrected chi connectivity index (χ3v) is 2.68. The Hall–Kier alpha value is -1.66. The van der Waals surface area contributed by atoms with Crippen molar-refractivity contribution in [1.29, 1.82) is 0 Å². The van der Waals surface area contributed by atoms with E-state index < -0.39 is 0 Å². The fourth-order valence-corrected chi connectivity index (χ4v) is 1.73. The Morgan fingerprint density at radius 3 is 2.83 bits per heavy atom. The summed E-state index contributed by atoms with van der Waals surface area (Å²) in [6.45, 7) is 3.20. The maximum absolute atomic E-state index is 13.0. The lowest BCUT2D eigenvalue weighted by atomic mass is 10.3. The predicted octanol–water partition coefficient (Wildman–Crippen LogP) is 2.17. The number of nitrogens with two attached hydrogens (primary N) is 1. The molecule has 0 aromatic heterocycles. The minimum Gasteiger partial charge on any atom is -0.493 e. The predicted molar refractivity (Wildman–Crippen MR) is 67.8 cm³/mol. The fourth-order valence-electron chi connectivity index (χ4n) is 1.05. The van der Waals surface area contributed by atoms with Gasteiger partial charge < -0.3 is 19.8 Å². The normalized spacial score (nSPS) is 11.7. The highest BCUT2D eigenvalue weighted by atomic mass is 32.2. The van der Waals surface area contributed by atoms with Gasteiger partial charge in [-0.05, 0) is 18.2 Å². The molecule has 1 aromatic carbocycles. The minimum atomic E-state index is -0.387. The van der Waals surface area contributed by atoms with Crippen molar-refractivity contribution < 1.29 is 18.4 Å². The minimum absolute atomic E-state index is 0.0887. The van der Waals surface area contributed by atoms with Gasteiger partial charge in [0.05, 0.1) is 36.4 Å². The van der Waals surface area contributed by atoms with Crippen molar-refractivity contribution in [3.05, 3.63) is 53.9 Å². The molecule has 0 saturated heterocycles. The van der Waals surface area contributed by atoms with E-state index in [1.54, 1.807) is 12.1 Å². The van der Waals surface area contributed by atoms with Crippen LogP contribution in [0.2, 0.25) is 0 Å². The van der Waals surface area contributed by atoms with Crippen LogP contribution < -0.4 is 5.73 Å². The lowest BCUT2D eigenvalue weighted by Crippen LogP contribution is -2.09. The number of rotatable bonds is 6. The number of benzene rings is 1. The van der Waals surface area contributed by atoms with E-state index in [9.17, 15) is 4.39 Å². The number of aliphatic hydroxyl groups is 1. The van der Waals surface area contributed by atoms with Gasteiger partial charge in [0.25, 0.3) is 0 Å². The van der Waals surface area contributed by atoms with Gasteiger partial charge in [0.1, 0.15) is 5.82 Å². The molecule has 1 aromatic rings. The van der Waals surface area contributed by atoms with Gasteiger partial charge >= 0.3 is 0 Å². The monoisotopic (exact) mass is 271 g/mol. The van der Waals surface area contributed by atoms with Crippen LogP contribution in [0.5, 0.6) is 0 Å². The molecule has 0 fully saturated rings. The van der Waals surface area contributed by atoms with E-state index in [0.717, 1.165) is 12.0 Å². The molecule has 0 unspecified atom stereocenters. The molecule has 18 heavy (non-hydrogen) atoms. The molecule has 0 atom stereocenters. The van der Waals surface area contributed by atoms with Gasteiger partial charge in [-0.15, -0.1) is 0 Å². The number of methoxy groups -OCH3 is 1. The van der Waals surface area contributed by atoms with Gasteiger partial charge in [0.2, 0.25) is 0 Å². The SMILES string of the molecule is C=C(OC)/C(OSc1cccc(F)c1)=C(\N)CO. The number of hydrogen-bond donors (Lipinski definition) is 2. The van der Waals surface area contributed by atoms with Crippen molar-refractivity contribution in [2.75, 3.05) is 13.7 Å². The highest BCUT2D eigenvalue weighted by molar-refractivity contribution is 7.94. The summed E-state index contributed by atoms with van der Waals surface area (Å²) in [5.41, 5.74) is 5.65. The van der Waals surface area contributed by atoms with Gasteiger partial charge in [-0.25, -0.2) is 4.39 Å². The molecular formula is C12H14FNO3S. The lowest BCUT2D eigenvalue weighted by Gasteiger charge is -2.12. The summed E-state index contributed by atoms with van der Waals surface area (Å²) in [7, 11) is 1.41. The zero-order chi connectivity index (χ0) is 13.5. The molecule has 0 heterocycles. The molecule has 4 nitrogen and oxygen atoms in total. The van der Waals surface area contributed by atoms with Crippen molar-refractivity contribution in [3.63, 3.8) is 0 Å². The van der Waals surface area contributed by atoms with E-state index in [1.165, 1.54) is 19.2 Å². The summed E-state index contributed by atoms with van der Waals surface area (Å²) in [6.07, 6.45) is 0. The van der Waals surface area contributed by atoms with Gasteiger partial charge in [0, 0.05) is 0 Å². The second-order valence-electron chi connectivity index (χ2n) is 3.26. The topological polar surface area (TPSA) is 64.7 Å². The second kappa shape index (κ2) is 6.93. The molecule has 0 aliphatic carbocycles. The van der Waals surface area contributed by atoms with E-state index in [2.05, 4.69) is 6.58 Å². The average molecular weight is 271 g/mol. The van der Waals surface area contributed by atoms with Crippen LogP contribution in [0, 0.1) is 5.82 Å². The highest BCUT2D eigenvalue weighted by Gasteiger charge is 2.11.